The lowest BCUT2D eigenvalue weighted by molar-refractivity contribution is 0.0382. The van der Waals surface area contributed by atoms with Gasteiger partial charge >= 0.3 is 0 Å². The van der Waals surface area contributed by atoms with E-state index < -0.39 is 5.60 Å². The van der Waals surface area contributed by atoms with Crippen molar-refractivity contribution in [3.8, 4) is 0 Å². The van der Waals surface area contributed by atoms with Gasteiger partial charge in [0.2, 0.25) is 0 Å². The number of anilines is 1. The van der Waals surface area contributed by atoms with Crippen LogP contribution < -0.4 is 4.90 Å². The summed E-state index contributed by atoms with van der Waals surface area (Å²) < 4.78 is 0. The molecule has 1 aliphatic heterocycles. The number of carbonyl (C=O) groups excluding carboxylic acids is 1. The molecule has 8 heteroatoms. The summed E-state index contributed by atoms with van der Waals surface area (Å²) >= 11 is 0. The van der Waals surface area contributed by atoms with E-state index in [9.17, 15) is 9.90 Å². The Hall–Kier alpha value is -2.48. The van der Waals surface area contributed by atoms with E-state index in [2.05, 4.69) is 39.1 Å². The zero-order valence-electron chi connectivity index (χ0n) is 14.6. The number of β-amino-alcohol motifs (C(OH)–C–C–N with tert-alkyl or cyclic N) is 1. The quantitative estimate of drug-likeness (QED) is 0.816. The largest absolute Gasteiger partial charge is 0.381 e. The van der Waals surface area contributed by atoms with Crippen LogP contribution >= 0.6 is 0 Å². The number of aromatic amines is 1. The van der Waals surface area contributed by atoms with Gasteiger partial charge in [0.25, 0.3) is 5.91 Å². The zero-order chi connectivity index (χ0) is 17.9. The van der Waals surface area contributed by atoms with E-state index in [4.69, 9.17) is 0 Å². The van der Waals surface area contributed by atoms with Gasteiger partial charge in [-0.2, -0.15) is 15.4 Å². The molecule has 0 saturated carbocycles. The molecule has 0 aromatic carbocycles. The van der Waals surface area contributed by atoms with Crippen LogP contribution in [0.2, 0.25) is 0 Å². The number of H-pyrrole nitrogens is 1. The minimum atomic E-state index is -1.14. The van der Waals surface area contributed by atoms with Gasteiger partial charge in [0.05, 0.1) is 18.3 Å². The maximum absolute atomic E-state index is 12.7. The number of amides is 1. The van der Waals surface area contributed by atoms with Crippen molar-refractivity contribution >= 4 is 11.7 Å². The number of rotatable bonds is 6. The minimum Gasteiger partial charge on any atom is -0.381 e. The Bertz CT molecular complexity index is 702. The van der Waals surface area contributed by atoms with Crippen molar-refractivity contribution in [3.63, 3.8) is 0 Å². The van der Waals surface area contributed by atoms with Gasteiger partial charge in [0, 0.05) is 32.3 Å². The second-order valence-corrected chi connectivity index (χ2v) is 6.35. The second kappa shape index (κ2) is 7.18. The van der Waals surface area contributed by atoms with Crippen LogP contribution in [0.15, 0.2) is 24.5 Å². The van der Waals surface area contributed by atoms with Gasteiger partial charge in [-0.15, -0.1) is 0 Å². The molecule has 1 fully saturated rings. The van der Waals surface area contributed by atoms with E-state index in [0.717, 1.165) is 25.3 Å². The van der Waals surface area contributed by atoms with Crippen LogP contribution in [0.25, 0.3) is 0 Å². The lowest BCUT2D eigenvalue weighted by atomic mass is 10.00. The minimum absolute atomic E-state index is 0.128. The highest BCUT2D eigenvalue weighted by Crippen LogP contribution is 2.31. The molecule has 3 rings (SSSR count). The molecule has 1 saturated heterocycles. The highest BCUT2D eigenvalue weighted by molar-refractivity contribution is 5.94. The van der Waals surface area contributed by atoms with Gasteiger partial charge in [-0.05, 0) is 25.5 Å². The first kappa shape index (κ1) is 17.3. The number of nitrogens with zero attached hydrogens (tertiary/aromatic N) is 5. The van der Waals surface area contributed by atoms with E-state index in [1.165, 1.54) is 6.20 Å². The highest BCUT2D eigenvalue weighted by Gasteiger charge is 2.41. The topological polar surface area (TPSA) is 98.2 Å². The van der Waals surface area contributed by atoms with Crippen molar-refractivity contribution < 1.29 is 9.90 Å². The van der Waals surface area contributed by atoms with Gasteiger partial charge in [-0.1, -0.05) is 6.92 Å². The molecule has 2 N–H and O–H groups in total. The first-order valence-corrected chi connectivity index (χ1v) is 8.66. The number of aliphatic hydroxyl groups is 1. The summed E-state index contributed by atoms with van der Waals surface area (Å²) in [6.45, 7) is 6.71. The SMILES string of the molecule is CCCN(CC)c1ccc(C(=O)N2CCC(O)(c3cn[nH]n3)C2)cn1. The summed E-state index contributed by atoms with van der Waals surface area (Å²) in [6, 6.07) is 3.68. The molecule has 0 spiro atoms. The average molecular weight is 344 g/mol. The number of hydrogen-bond acceptors (Lipinski definition) is 6. The van der Waals surface area contributed by atoms with Crippen LogP contribution in [0.4, 0.5) is 5.82 Å². The van der Waals surface area contributed by atoms with Gasteiger partial charge in [-0.25, -0.2) is 4.98 Å². The first-order valence-electron chi connectivity index (χ1n) is 8.66. The number of pyridine rings is 1. The molecule has 1 aliphatic rings. The Morgan fingerprint density at radius 3 is 2.84 bits per heavy atom. The highest BCUT2D eigenvalue weighted by atomic mass is 16.3. The summed E-state index contributed by atoms with van der Waals surface area (Å²) in [4.78, 5) is 20.9. The predicted octanol–water partition coefficient (Wildman–Crippen LogP) is 1.17. The van der Waals surface area contributed by atoms with E-state index in [1.54, 1.807) is 17.2 Å². The zero-order valence-corrected chi connectivity index (χ0v) is 14.6. The molecule has 1 amide bonds. The third-order valence-corrected chi connectivity index (χ3v) is 4.62. The Kier molecular flexibility index (Phi) is 4.98. The molecule has 0 radical (unpaired) electrons. The lowest BCUT2D eigenvalue weighted by Gasteiger charge is -2.22. The molecule has 25 heavy (non-hydrogen) atoms. The van der Waals surface area contributed by atoms with Crippen molar-refractivity contribution in [3.05, 3.63) is 35.8 Å². The smallest absolute Gasteiger partial charge is 0.255 e. The lowest BCUT2D eigenvalue weighted by Crippen LogP contribution is -2.34. The summed E-state index contributed by atoms with van der Waals surface area (Å²) in [7, 11) is 0. The molecular formula is C17H24N6O2. The normalized spacial score (nSPS) is 20.0. The maximum atomic E-state index is 12.7. The molecular weight excluding hydrogens is 320 g/mol. The molecule has 1 atom stereocenters. The summed E-state index contributed by atoms with van der Waals surface area (Å²) in [5.41, 5.74) is -0.147. The Morgan fingerprint density at radius 2 is 2.24 bits per heavy atom. The van der Waals surface area contributed by atoms with E-state index in [1.807, 2.05) is 6.07 Å². The molecule has 8 nitrogen and oxygen atoms in total. The predicted molar refractivity (Wildman–Crippen MR) is 93.2 cm³/mol. The van der Waals surface area contributed by atoms with Crippen molar-refractivity contribution in [2.24, 2.45) is 0 Å². The van der Waals surface area contributed by atoms with Gasteiger partial charge in [0.1, 0.15) is 17.1 Å². The molecule has 1 unspecified atom stereocenters. The third kappa shape index (κ3) is 3.48. The van der Waals surface area contributed by atoms with Crippen molar-refractivity contribution in [1.29, 1.82) is 0 Å². The molecule has 134 valence electrons. The number of likely N-dealkylation sites (tertiary alicyclic amines) is 1. The van der Waals surface area contributed by atoms with Gasteiger partial charge in [0.15, 0.2) is 0 Å². The third-order valence-electron chi connectivity index (χ3n) is 4.62. The molecule has 3 heterocycles. The number of carbonyl (C=O) groups is 1. The van der Waals surface area contributed by atoms with E-state index >= 15 is 0 Å². The summed E-state index contributed by atoms with van der Waals surface area (Å²) in [6.07, 6.45) is 4.60. The van der Waals surface area contributed by atoms with Gasteiger partial charge in [-0.3, -0.25) is 4.79 Å². The van der Waals surface area contributed by atoms with Crippen LogP contribution in [0.3, 0.4) is 0 Å². The fourth-order valence-electron chi connectivity index (χ4n) is 3.19. The number of hydrogen-bond donors (Lipinski definition) is 2. The fraction of sp³-hybridized carbons (Fsp3) is 0.529. The maximum Gasteiger partial charge on any atom is 0.255 e. The van der Waals surface area contributed by atoms with Crippen LogP contribution in [0.1, 0.15) is 42.7 Å². The Morgan fingerprint density at radius 1 is 1.40 bits per heavy atom. The van der Waals surface area contributed by atoms with Crippen LogP contribution in [0, 0.1) is 0 Å². The van der Waals surface area contributed by atoms with Crippen molar-refractivity contribution in [1.82, 2.24) is 25.3 Å². The molecule has 0 aliphatic carbocycles. The summed E-state index contributed by atoms with van der Waals surface area (Å²) in [5.74, 6) is 0.749. The van der Waals surface area contributed by atoms with Crippen LogP contribution in [-0.4, -0.2) is 62.5 Å². The fourth-order valence-corrected chi connectivity index (χ4v) is 3.19. The van der Waals surface area contributed by atoms with Crippen LogP contribution in [0.5, 0.6) is 0 Å². The summed E-state index contributed by atoms with van der Waals surface area (Å²) in [5, 5.41) is 20.9. The average Bonchev–Trinajstić information content (AvgIpc) is 3.30. The van der Waals surface area contributed by atoms with Crippen LogP contribution in [-0.2, 0) is 5.60 Å². The Balaban J connectivity index is 1.69. The standard InChI is InChI=1S/C17H24N6O2/c1-3-8-22(4-2)15-6-5-13(10-18-15)16(24)23-9-7-17(25,12-23)14-11-19-21-20-14/h5-6,10-11,25H,3-4,7-9,12H2,1-2H3,(H,19,20,21). The first-order chi connectivity index (χ1) is 12.1. The Labute approximate surface area is 146 Å². The van der Waals surface area contributed by atoms with E-state index in [-0.39, 0.29) is 12.5 Å². The van der Waals surface area contributed by atoms with Crippen molar-refractivity contribution in [2.45, 2.75) is 32.3 Å². The molecule has 2 aromatic heterocycles. The number of nitrogens with one attached hydrogen (secondary N) is 1. The van der Waals surface area contributed by atoms with E-state index in [0.29, 0.717) is 24.2 Å². The number of aromatic nitrogens is 4. The molecule has 0 bridgehead atoms. The molecule has 2 aromatic rings. The second-order valence-electron chi connectivity index (χ2n) is 6.35. The monoisotopic (exact) mass is 344 g/mol. The van der Waals surface area contributed by atoms with Gasteiger partial charge < -0.3 is 14.9 Å². The van der Waals surface area contributed by atoms with Crippen molar-refractivity contribution in [2.75, 3.05) is 31.1 Å².